The van der Waals surface area contributed by atoms with E-state index in [0.29, 0.717) is 5.57 Å². The first kappa shape index (κ1) is 18.2. The zero-order valence-electron chi connectivity index (χ0n) is 14.3. The summed E-state index contributed by atoms with van der Waals surface area (Å²) in [6, 6.07) is 11.4. The number of nitrogens with one attached hydrogen (secondary N) is 1. The number of carbonyl (C=O) groups is 1. The molecule has 1 amide bonds. The summed E-state index contributed by atoms with van der Waals surface area (Å²) in [6.07, 6.45) is 1.77. The second-order valence-corrected chi connectivity index (χ2v) is 6.16. The molecule has 0 fully saturated rings. The number of halogens is 2. The monoisotopic (exact) mass is 358 g/mol. The highest BCUT2D eigenvalue weighted by atomic mass is 19.1. The number of hydrogen-bond acceptors (Lipinski definition) is 3. The van der Waals surface area contributed by atoms with E-state index < -0.39 is 23.7 Å². The zero-order valence-corrected chi connectivity index (χ0v) is 14.3. The van der Waals surface area contributed by atoms with E-state index >= 15 is 0 Å². The van der Waals surface area contributed by atoms with Crippen molar-refractivity contribution >= 4 is 11.5 Å². The molecule has 1 heterocycles. The molecule has 1 aliphatic heterocycles. The molecule has 0 spiro atoms. The summed E-state index contributed by atoms with van der Waals surface area (Å²) in [5.74, 6) is -1.37. The van der Waals surface area contributed by atoms with E-state index in [2.05, 4.69) is 5.32 Å². The molecular formula is C20H20F2N2O2. The Hall–Kier alpha value is -2.57. The SMILES string of the molecule is CN[C@@H](CO)C(=O)N1CC(c2cc(F)ccc2F)=CC1c1ccccc1. The summed E-state index contributed by atoms with van der Waals surface area (Å²) >= 11 is 0. The lowest BCUT2D eigenvalue weighted by Gasteiger charge is -2.28. The van der Waals surface area contributed by atoms with Crippen LogP contribution in [0.1, 0.15) is 17.2 Å². The minimum absolute atomic E-state index is 0.136. The molecule has 0 aliphatic carbocycles. The molecule has 0 bridgehead atoms. The summed E-state index contributed by atoms with van der Waals surface area (Å²) in [5.41, 5.74) is 1.55. The summed E-state index contributed by atoms with van der Waals surface area (Å²) in [7, 11) is 1.59. The van der Waals surface area contributed by atoms with Gasteiger partial charge < -0.3 is 15.3 Å². The molecule has 2 N–H and O–H groups in total. The Bertz CT molecular complexity index is 820. The van der Waals surface area contributed by atoms with Gasteiger partial charge in [-0.05, 0) is 36.4 Å². The van der Waals surface area contributed by atoms with Crippen LogP contribution in [-0.2, 0) is 4.79 Å². The molecule has 1 unspecified atom stereocenters. The average Bonchev–Trinajstić information content (AvgIpc) is 3.10. The largest absolute Gasteiger partial charge is 0.394 e. The van der Waals surface area contributed by atoms with Crippen molar-refractivity contribution in [2.45, 2.75) is 12.1 Å². The fourth-order valence-electron chi connectivity index (χ4n) is 3.17. The molecule has 0 aromatic heterocycles. The molecule has 0 saturated heterocycles. The quantitative estimate of drug-likeness (QED) is 0.864. The Morgan fingerprint density at radius 1 is 1.27 bits per heavy atom. The molecular weight excluding hydrogens is 338 g/mol. The highest BCUT2D eigenvalue weighted by molar-refractivity contribution is 5.87. The minimum atomic E-state index is -0.758. The normalized spacial score (nSPS) is 17.9. The number of likely N-dealkylation sites (N-methyl/N-ethyl adjacent to an activating group) is 1. The maximum atomic E-state index is 14.2. The van der Waals surface area contributed by atoms with Gasteiger partial charge in [0.05, 0.1) is 12.6 Å². The number of rotatable bonds is 5. The van der Waals surface area contributed by atoms with Crippen LogP contribution in [0.5, 0.6) is 0 Å². The highest BCUT2D eigenvalue weighted by Crippen LogP contribution is 2.36. The first-order chi connectivity index (χ1) is 12.5. The van der Waals surface area contributed by atoms with Crippen LogP contribution in [0.2, 0.25) is 0 Å². The van der Waals surface area contributed by atoms with Crippen molar-refractivity contribution in [2.75, 3.05) is 20.2 Å². The first-order valence-electron chi connectivity index (χ1n) is 8.34. The number of aliphatic hydroxyl groups excluding tert-OH is 1. The second kappa shape index (κ2) is 7.76. The van der Waals surface area contributed by atoms with E-state index in [1.807, 2.05) is 30.3 Å². The van der Waals surface area contributed by atoms with Gasteiger partial charge in [0.1, 0.15) is 17.7 Å². The van der Waals surface area contributed by atoms with E-state index in [-0.39, 0.29) is 24.6 Å². The average molecular weight is 358 g/mol. The van der Waals surface area contributed by atoms with Crippen LogP contribution in [0, 0.1) is 11.6 Å². The first-order valence-corrected chi connectivity index (χ1v) is 8.34. The summed E-state index contributed by atoms with van der Waals surface area (Å²) < 4.78 is 27.8. The number of nitrogens with zero attached hydrogens (tertiary/aromatic N) is 1. The lowest BCUT2D eigenvalue weighted by molar-refractivity contribution is -0.134. The molecule has 136 valence electrons. The van der Waals surface area contributed by atoms with Gasteiger partial charge in [-0.15, -0.1) is 0 Å². The van der Waals surface area contributed by atoms with Crippen LogP contribution >= 0.6 is 0 Å². The third-order valence-electron chi connectivity index (χ3n) is 4.56. The van der Waals surface area contributed by atoms with Gasteiger partial charge in [0.15, 0.2) is 0 Å². The number of amides is 1. The number of aliphatic hydroxyl groups is 1. The van der Waals surface area contributed by atoms with Crippen molar-refractivity contribution < 1.29 is 18.7 Å². The fourth-order valence-corrected chi connectivity index (χ4v) is 3.17. The van der Waals surface area contributed by atoms with E-state index in [1.54, 1.807) is 18.0 Å². The molecule has 0 radical (unpaired) electrons. The van der Waals surface area contributed by atoms with Crippen molar-refractivity contribution in [1.29, 1.82) is 0 Å². The Balaban J connectivity index is 2.01. The van der Waals surface area contributed by atoms with E-state index in [0.717, 1.165) is 23.8 Å². The van der Waals surface area contributed by atoms with E-state index in [9.17, 15) is 18.7 Å². The molecule has 4 nitrogen and oxygen atoms in total. The van der Waals surface area contributed by atoms with Crippen molar-refractivity contribution in [3.05, 3.63) is 77.4 Å². The summed E-state index contributed by atoms with van der Waals surface area (Å²) in [4.78, 5) is 14.4. The standard InChI is InChI=1S/C20H20F2N2O2/c1-23-18(12-25)20(26)24-11-14(16-10-15(21)7-8-17(16)22)9-19(24)13-5-3-2-4-6-13/h2-10,18-19,23,25H,11-12H2,1H3/t18-,19?/m0/s1. The molecule has 2 atom stereocenters. The molecule has 3 rings (SSSR count). The Labute approximate surface area is 150 Å². The lowest BCUT2D eigenvalue weighted by Crippen LogP contribution is -2.47. The number of benzene rings is 2. The third-order valence-corrected chi connectivity index (χ3v) is 4.56. The van der Waals surface area contributed by atoms with Gasteiger partial charge in [0.25, 0.3) is 0 Å². The minimum Gasteiger partial charge on any atom is -0.394 e. The van der Waals surface area contributed by atoms with Gasteiger partial charge >= 0.3 is 0 Å². The predicted octanol–water partition coefficient (Wildman–Crippen LogP) is 2.51. The molecule has 26 heavy (non-hydrogen) atoms. The predicted molar refractivity (Wildman–Crippen MR) is 95.2 cm³/mol. The van der Waals surface area contributed by atoms with Crippen LogP contribution in [0.25, 0.3) is 5.57 Å². The second-order valence-electron chi connectivity index (χ2n) is 6.16. The molecule has 6 heteroatoms. The molecule has 1 aliphatic rings. The Kier molecular flexibility index (Phi) is 5.44. The summed E-state index contributed by atoms with van der Waals surface area (Å²) in [5, 5.41) is 12.2. The molecule has 2 aromatic carbocycles. The van der Waals surface area contributed by atoms with Crippen molar-refractivity contribution in [1.82, 2.24) is 10.2 Å². The maximum absolute atomic E-state index is 14.2. The molecule has 2 aromatic rings. The third kappa shape index (κ3) is 3.52. The van der Waals surface area contributed by atoms with Crippen molar-refractivity contribution in [3.8, 4) is 0 Å². The van der Waals surface area contributed by atoms with E-state index in [4.69, 9.17) is 0 Å². The number of hydrogen-bond donors (Lipinski definition) is 2. The van der Waals surface area contributed by atoms with Gasteiger partial charge in [-0.2, -0.15) is 0 Å². The van der Waals surface area contributed by atoms with Gasteiger partial charge in [0, 0.05) is 12.1 Å². The Morgan fingerprint density at radius 2 is 2.00 bits per heavy atom. The smallest absolute Gasteiger partial charge is 0.243 e. The van der Waals surface area contributed by atoms with Crippen LogP contribution < -0.4 is 5.32 Å². The van der Waals surface area contributed by atoms with Gasteiger partial charge in [-0.3, -0.25) is 4.79 Å². The topological polar surface area (TPSA) is 52.6 Å². The van der Waals surface area contributed by atoms with Crippen LogP contribution in [-0.4, -0.2) is 42.2 Å². The van der Waals surface area contributed by atoms with Gasteiger partial charge in [-0.1, -0.05) is 36.4 Å². The summed E-state index contributed by atoms with van der Waals surface area (Å²) in [6.45, 7) is -0.214. The van der Waals surface area contributed by atoms with Crippen LogP contribution in [0.3, 0.4) is 0 Å². The van der Waals surface area contributed by atoms with Crippen LogP contribution in [0.15, 0.2) is 54.6 Å². The Morgan fingerprint density at radius 3 is 2.65 bits per heavy atom. The number of carbonyl (C=O) groups excluding carboxylic acids is 1. The van der Waals surface area contributed by atoms with Crippen molar-refractivity contribution in [2.24, 2.45) is 0 Å². The van der Waals surface area contributed by atoms with Crippen LogP contribution in [0.4, 0.5) is 8.78 Å². The van der Waals surface area contributed by atoms with Gasteiger partial charge in [-0.25, -0.2) is 8.78 Å². The zero-order chi connectivity index (χ0) is 18.7. The molecule has 0 saturated carbocycles. The van der Waals surface area contributed by atoms with Crippen molar-refractivity contribution in [3.63, 3.8) is 0 Å². The lowest BCUT2D eigenvalue weighted by atomic mass is 10.0. The fraction of sp³-hybridized carbons (Fsp3) is 0.250. The van der Waals surface area contributed by atoms with E-state index in [1.165, 1.54) is 0 Å². The van der Waals surface area contributed by atoms with Gasteiger partial charge in [0.2, 0.25) is 5.91 Å². The highest BCUT2D eigenvalue weighted by Gasteiger charge is 2.34. The maximum Gasteiger partial charge on any atom is 0.243 e.